The lowest BCUT2D eigenvalue weighted by molar-refractivity contribution is -0.0496. The molecule has 0 spiro atoms. The Balaban J connectivity index is 2.87. The molecule has 1 aromatic carbocycles. The van der Waals surface area contributed by atoms with Crippen LogP contribution < -0.4 is 0 Å². The van der Waals surface area contributed by atoms with Crippen molar-refractivity contribution in [3.63, 3.8) is 0 Å². The van der Waals surface area contributed by atoms with E-state index in [9.17, 15) is 21.6 Å². The summed E-state index contributed by atoms with van der Waals surface area (Å²) in [6.07, 6.45) is 2.66. The fourth-order valence-electron chi connectivity index (χ4n) is 1.38. The van der Waals surface area contributed by atoms with Crippen molar-refractivity contribution in [3.8, 4) is 6.07 Å². The van der Waals surface area contributed by atoms with Crippen LogP contribution in [0.25, 0.3) is 0 Å². The molecule has 0 saturated heterocycles. The van der Waals surface area contributed by atoms with Gasteiger partial charge in [-0.15, -0.1) is 10.3 Å². The lowest BCUT2D eigenvalue weighted by Crippen LogP contribution is -2.27. The highest BCUT2D eigenvalue weighted by molar-refractivity contribution is 8.31. The Kier molecular flexibility index (Phi) is 4.74. The molecule has 1 rings (SSSR count). The van der Waals surface area contributed by atoms with E-state index < -0.39 is 25.9 Å². The second kappa shape index (κ2) is 5.63. The van der Waals surface area contributed by atoms with E-state index in [2.05, 4.69) is 3.63 Å². The number of hydrogen-bond donors (Lipinski definition) is 0. The molecule has 0 amide bonds. The quantitative estimate of drug-likeness (QED) is 0.798. The molecule has 1 aromatic rings. The molecule has 0 unspecified atom stereocenters. The van der Waals surface area contributed by atoms with Gasteiger partial charge in [-0.1, -0.05) is 12.1 Å². The van der Waals surface area contributed by atoms with Crippen LogP contribution in [0.4, 0.5) is 13.2 Å². The number of benzene rings is 1. The van der Waals surface area contributed by atoms with Gasteiger partial charge in [0.2, 0.25) is 0 Å². The standard InChI is InChI=1S/C11H12F3NO3S2/c1-19(2,18-20(16,17)11(12,13)14)8-10-5-3-9(7-15)4-6-10/h3-6H,8H2,1-2H3. The summed E-state index contributed by atoms with van der Waals surface area (Å²) in [5, 5.41) is 8.63. The lowest BCUT2D eigenvalue weighted by atomic mass is 10.2. The predicted molar refractivity (Wildman–Crippen MR) is 70.4 cm³/mol. The van der Waals surface area contributed by atoms with Gasteiger partial charge in [0.1, 0.15) is 0 Å². The molecule has 0 aliphatic carbocycles. The van der Waals surface area contributed by atoms with Crippen molar-refractivity contribution in [1.29, 1.82) is 5.26 Å². The summed E-state index contributed by atoms with van der Waals surface area (Å²) in [4.78, 5) is 0. The van der Waals surface area contributed by atoms with E-state index in [0.29, 0.717) is 11.1 Å². The Labute approximate surface area is 116 Å². The summed E-state index contributed by atoms with van der Waals surface area (Å²) in [6.45, 7) is 0. The van der Waals surface area contributed by atoms with Gasteiger partial charge in [-0.2, -0.15) is 26.9 Å². The smallest absolute Gasteiger partial charge is 0.213 e. The molecule has 0 aliphatic heterocycles. The highest BCUT2D eigenvalue weighted by atomic mass is 32.3. The van der Waals surface area contributed by atoms with Gasteiger partial charge in [0.05, 0.1) is 11.6 Å². The first-order valence-corrected chi connectivity index (χ1v) is 9.14. The van der Waals surface area contributed by atoms with E-state index in [-0.39, 0.29) is 5.75 Å². The molecule has 0 aromatic heterocycles. The van der Waals surface area contributed by atoms with Crippen LogP contribution in [0.3, 0.4) is 0 Å². The third-order valence-corrected chi connectivity index (χ3v) is 5.94. The molecule has 0 saturated carbocycles. The van der Waals surface area contributed by atoms with Crippen LogP contribution in [0, 0.1) is 11.3 Å². The summed E-state index contributed by atoms with van der Waals surface area (Å²) in [5.74, 6) is 0.0357. The Morgan fingerprint density at radius 3 is 2.10 bits per heavy atom. The van der Waals surface area contributed by atoms with Crippen LogP contribution in [0.2, 0.25) is 0 Å². The van der Waals surface area contributed by atoms with Crippen LogP contribution in [-0.2, 0) is 19.5 Å². The number of halogens is 3. The van der Waals surface area contributed by atoms with E-state index in [4.69, 9.17) is 5.26 Å². The third kappa shape index (κ3) is 4.40. The molecule has 20 heavy (non-hydrogen) atoms. The molecule has 0 heterocycles. The summed E-state index contributed by atoms with van der Waals surface area (Å²) in [5.41, 5.74) is -4.42. The SMILES string of the molecule is CS(C)(Cc1ccc(C#N)cc1)OS(=O)(=O)C(F)(F)F. The minimum atomic E-state index is -5.60. The van der Waals surface area contributed by atoms with E-state index in [1.807, 2.05) is 6.07 Å². The molecular weight excluding hydrogens is 315 g/mol. The maximum atomic E-state index is 12.3. The van der Waals surface area contributed by atoms with E-state index >= 15 is 0 Å². The maximum absolute atomic E-state index is 12.3. The zero-order chi connectivity index (χ0) is 15.6. The van der Waals surface area contributed by atoms with E-state index in [1.165, 1.54) is 24.6 Å². The van der Waals surface area contributed by atoms with Gasteiger partial charge in [-0.3, -0.25) is 0 Å². The molecule has 0 aliphatic rings. The van der Waals surface area contributed by atoms with Crippen molar-refractivity contribution in [3.05, 3.63) is 35.4 Å². The van der Waals surface area contributed by atoms with Crippen LogP contribution in [0.15, 0.2) is 24.3 Å². The zero-order valence-corrected chi connectivity index (χ0v) is 12.3. The molecule has 0 bridgehead atoms. The number of nitrogens with zero attached hydrogens (tertiary/aromatic N) is 1. The van der Waals surface area contributed by atoms with Crippen LogP contribution in [0.1, 0.15) is 11.1 Å². The third-order valence-electron chi connectivity index (χ3n) is 2.15. The zero-order valence-electron chi connectivity index (χ0n) is 10.6. The highest BCUT2D eigenvalue weighted by Crippen LogP contribution is 2.48. The first-order chi connectivity index (χ1) is 8.97. The van der Waals surface area contributed by atoms with E-state index in [0.717, 1.165) is 0 Å². The van der Waals surface area contributed by atoms with Gasteiger partial charge in [-0.25, -0.2) is 3.63 Å². The normalized spacial score (nSPS) is 13.8. The Morgan fingerprint density at radius 1 is 1.20 bits per heavy atom. The first-order valence-electron chi connectivity index (χ1n) is 5.19. The van der Waals surface area contributed by atoms with Gasteiger partial charge in [0.15, 0.2) is 0 Å². The topological polar surface area (TPSA) is 67.2 Å². The Morgan fingerprint density at radius 2 is 1.70 bits per heavy atom. The summed E-state index contributed by atoms with van der Waals surface area (Å²) in [6, 6.07) is 8.02. The highest BCUT2D eigenvalue weighted by Gasteiger charge is 2.49. The van der Waals surface area contributed by atoms with Gasteiger partial charge >= 0.3 is 15.6 Å². The minimum absolute atomic E-state index is 0.0357. The first kappa shape index (κ1) is 16.8. The monoisotopic (exact) mass is 327 g/mol. The van der Waals surface area contributed by atoms with E-state index in [1.54, 1.807) is 12.1 Å². The summed E-state index contributed by atoms with van der Waals surface area (Å²) >= 11 is 0. The molecule has 9 heteroatoms. The maximum Gasteiger partial charge on any atom is 0.523 e. The second-order valence-electron chi connectivity index (χ2n) is 4.36. The lowest BCUT2D eigenvalue weighted by Gasteiger charge is -2.30. The van der Waals surface area contributed by atoms with Gasteiger partial charge in [0, 0.05) is 5.75 Å². The molecular formula is C11H12F3NO3S2. The molecule has 0 N–H and O–H groups in total. The van der Waals surface area contributed by atoms with Crippen LogP contribution in [-0.4, -0.2) is 26.4 Å². The largest absolute Gasteiger partial charge is 0.523 e. The number of hydrogen-bond acceptors (Lipinski definition) is 4. The van der Waals surface area contributed by atoms with Crippen molar-refractivity contribution in [2.75, 3.05) is 12.5 Å². The van der Waals surface area contributed by atoms with Gasteiger partial charge < -0.3 is 0 Å². The number of nitriles is 1. The Hall–Kier alpha value is -1.24. The van der Waals surface area contributed by atoms with Gasteiger partial charge in [0.25, 0.3) is 0 Å². The molecule has 0 atom stereocenters. The number of alkyl halides is 3. The van der Waals surface area contributed by atoms with Gasteiger partial charge in [-0.05, 0) is 30.2 Å². The minimum Gasteiger partial charge on any atom is -0.213 e. The fourth-order valence-corrected chi connectivity index (χ4v) is 4.82. The fraction of sp³-hybridized carbons (Fsp3) is 0.364. The molecule has 0 fully saturated rings. The molecule has 4 nitrogen and oxygen atoms in total. The number of rotatable bonds is 4. The van der Waals surface area contributed by atoms with Crippen LogP contribution in [0.5, 0.6) is 0 Å². The van der Waals surface area contributed by atoms with Crippen molar-refractivity contribution in [2.45, 2.75) is 11.3 Å². The van der Waals surface area contributed by atoms with Crippen molar-refractivity contribution < 1.29 is 25.2 Å². The summed E-state index contributed by atoms with van der Waals surface area (Å²) < 4.78 is 63.1. The van der Waals surface area contributed by atoms with Crippen molar-refractivity contribution >= 4 is 20.4 Å². The Bertz CT molecular complexity index is 616. The van der Waals surface area contributed by atoms with Crippen molar-refractivity contribution in [1.82, 2.24) is 0 Å². The average Bonchev–Trinajstić information content (AvgIpc) is 2.26. The summed E-state index contributed by atoms with van der Waals surface area (Å²) in [7, 11) is -8.09. The predicted octanol–water partition coefficient (Wildman–Crippen LogP) is 2.90. The van der Waals surface area contributed by atoms with Crippen LogP contribution >= 0.6 is 10.3 Å². The molecule has 0 radical (unpaired) electrons. The van der Waals surface area contributed by atoms with Crippen molar-refractivity contribution in [2.24, 2.45) is 0 Å². The average molecular weight is 327 g/mol. The second-order valence-corrected chi connectivity index (χ2v) is 9.44. The molecule has 112 valence electrons.